The fraction of sp³-hybridized carbons (Fsp3) is 0.174. The van der Waals surface area contributed by atoms with Crippen LogP contribution in [0, 0.1) is 11.8 Å². The number of alkyl halides is 3. The lowest BCUT2D eigenvalue weighted by molar-refractivity contribution is -0.138. The van der Waals surface area contributed by atoms with E-state index in [9.17, 15) is 18.0 Å². The molecule has 2 aromatic carbocycles. The fourth-order valence-electron chi connectivity index (χ4n) is 3.13. The van der Waals surface area contributed by atoms with Gasteiger partial charge in [0.25, 0.3) is 0 Å². The van der Waals surface area contributed by atoms with Gasteiger partial charge >= 0.3 is 6.18 Å². The molecule has 0 atom stereocenters. The van der Waals surface area contributed by atoms with Crippen molar-refractivity contribution in [2.24, 2.45) is 0 Å². The number of benzene rings is 2. The Morgan fingerprint density at radius 1 is 1.06 bits per heavy atom. The van der Waals surface area contributed by atoms with Crippen molar-refractivity contribution in [1.29, 1.82) is 0 Å². The first-order valence-corrected chi connectivity index (χ1v) is 9.55. The number of carbonyl (C=O) groups is 1. The molecule has 31 heavy (non-hydrogen) atoms. The van der Waals surface area contributed by atoms with Crippen LogP contribution in [-0.2, 0) is 23.9 Å². The van der Waals surface area contributed by atoms with Crippen LogP contribution in [0.4, 0.5) is 24.5 Å². The van der Waals surface area contributed by atoms with Gasteiger partial charge in [0.05, 0.1) is 6.54 Å². The molecule has 156 valence electrons. The SMILES string of the molecule is O=C1CCc2cc(NCc3ncc(C(F)(F)F)c(C#Cc4ccccc4)n3)ccc2N1. The highest BCUT2D eigenvalue weighted by Crippen LogP contribution is 2.31. The van der Waals surface area contributed by atoms with Crippen LogP contribution < -0.4 is 10.6 Å². The molecule has 1 aliphatic heterocycles. The second-order valence-electron chi connectivity index (χ2n) is 6.94. The van der Waals surface area contributed by atoms with E-state index in [1.54, 1.807) is 42.5 Å². The Bertz CT molecular complexity index is 1180. The maximum atomic E-state index is 13.4. The van der Waals surface area contributed by atoms with Crippen molar-refractivity contribution in [3.8, 4) is 11.8 Å². The molecule has 8 heteroatoms. The van der Waals surface area contributed by atoms with Gasteiger partial charge in [0.2, 0.25) is 5.91 Å². The molecule has 0 bridgehead atoms. The van der Waals surface area contributed by atoms with Crippen LogP contribution >= 0.6 is 0 Å². The zero-order valence-electron chi connectivity index (χ0n) is 16.3. The number of aromatic nitrogens is 2. The van der Waals surface area contributed by atoms with Gasteiger partial charge in [0.1, 0.15) is 17.1 Å². The number of nitrogens with zero attached hydrogens (tertiary/aromatic N) is 2. The average molecular weight is 422 g/mol. The standard InChI is InChI=1S/C23H17F3N4O/c24-23(25,26)18-13-28-21(29-20(18)9-6-15-4-2-1-3-5-15)14-27-17-8-10-19-16(12-17)7-11-22(31)30-19/h1-5,8,10,12-13,27H,7,11,14H2,(H,30,31). The summed E-state index contributed by atoms with van der Waals surface area (Å²) in [6, 6.07) is 14.2. The third-order valence-electron chi connectivity index (χ3n) is 4.69. The number of halogens is 3. The number of rotatable bonds is 3. The molecule has 0 saturated heterocycles. The summed E-state index contributed by atoms with van der Waals surface area (Å²) in [4.78, 5) is 19.4. The van der Waals surface area contributed by atoms with E-state index in [4.69, 9.17) is 0 Å². The first-order valence-electron chi connectivity index (χ1n) is 9.55. The van der Waals surface area contributed by atoms with E-state index in [0.29, 0.717) is 18.4 Å². The summed E-state index contributed by atoms with van der Waals surface area (Å²) in [5, 5.41) is 5.92. The molecule has 5 nitrogen and oxygen atoms in total. The van der Waals surface area contributed by atoms with E-state index < -0.39 is 11.7 Å². The number of anilines is 2. The van der Waals surface area contributed by atoms with E-state index in [0.717, 1.165) is 23.1 Å². The molecule has 3 aromatic rings. The molecule has 0 unspecified atom stereocenters. The maximum Gasteiger partial charge on any atom is 0.420 e. The van der Waals surface area contributed by atoms with Crippen molar-refractivity contribution in [3.05, 3.63) is 82.9 Å². The van der Waals surface area contributed by atoms with Crippen LogP contribution in [0.25, 0.3) is 0 Å². The molecular weight excluding hydrogens is 405 g/mol. The molecule has 1 aromatic heterocycles. The van der Waals surface area contributed by atoms with Crippen LogP contribution in [0.3, 0.4) is 0 Å². The van der Waals surface area contributed by atoms with Gasteiger partial charge in [-0.2, -0.15) is 13.2 Å². The number of hydrogen-bond donors (Lipinski definition) is 2. The Labute approximate surface area is 176 Å². The minimum absolute atomic E-state index is 0.0181. The molecule has 2 N–H and O–H groups in total. The molecule has 0 saturated carbocycles. The van der Waals surface area contributed by atoms with Gasteiger partial charge < -0.3 is 10.6 Å². The van der Waals surface area contributed by atoms with Crippen LogP contribution in [0.15, 0.2) is 54.7 Å². The molecular formula is C23H17F3N4O. The normalized spacial score (nSPS) is 12.9. The fourth-order valence-corrected chi connectivity index (χ4v) is 3.13. The van der Waals surface area contributed by atoms with Gasteiger partial charge in [-0.15, -0.1) is 0 Å². The minimum atomic E-state index is -4.60. The van der Waals surface area contributed by atoms with E-state index in [1.807, 2.05) is 6.07 Å². The van der Waals surface area contributed by atoms with Crippen LogP contribution in [-0.4, -0.2) is 15.9 Å². The molecule has 0 fully saturated rings. The second-order valence-corrected chi connectivity index (χ2v) is 6.94. The second kappa shape index (κ2) is 8.48. The maximum absolute atomic E-state index is 13.4. The average Bonchev–Trinajstić information content (AvgIpc) is 2.76. The summed E-state index contributed by atoms with van der Waals surface area (Å²) in [6.07, 6.45) is -2.79. The highest BCUT2D eigenvalue weighted by atomic mass is 19.4. The summed E-state index contributed by atoms with van der Waals surface area (Å²) >= 11 is 0. The third kappa shape index (κ3) is 5.01. The Hall–Kier alpha value is -3.86. The molecule has 0 spiro atoms. The van der Waals surface area contributed by atoms with Crippen molar-refractivity contribution in [2.75, 3.05) is 10.6 Å². The topological polar surface area (TPSA) is 66.9 Å². The van der Waals surface area contributed by atoms with Crippen molar-refractivity contribution in [2.45, 2.75) is 25.6 Å². The lowest BCUT2D eigenvalue weighted by atomic mass is 10.0. The van der Waals surface area contributed by atoms with Gasteiger partial charge in [-0.1, -0.05) is 24.1 Å². The quantitative estimate of drug-likeness (QED) is 0.615. The van der Waals surface area contributed by atoms with Crippen molar-refractivity contribution in [3.63, 3.8) is 0 Å². The predicted molar refractivity (Wildman–Crippen MR) is 110 cm³/mol. The molecule has 2 heterocycles. The number of carbonyl (C=O) groups excluding carboxylic acids is 1. The van der Waals surface area contributed by atoms with Gasteiger partial charge in [0, 0.05) is 29.6 Å². The third-order valence-corrected chi connectivity index (χ3v) is 4.69. The summed E-state index contributed by atoms with van der Waals surface area (Å²) in [5.74, 6) is 5.42. The first kappa shape index (κ1) is 20.4. The molecule has 0 radical (unpaired) electrons. The number of aryl methyl sites for hydroxylation is 1. The van der Waals surface area contributed by atoms with E-state index in [1.165, 1.54) is 0 Å². The minimum Gasteiger partial charge on any atom is -0.378 e. The molecule has 1 aliphatic rings. The highest BCUT2D eigenvalue weighted by Gasteiger charge is 2.34. The number of amides is 1. The van der Waals surface area contributed by atoms with Gasteiger partial charge in [-0.05, 0) is 48.2 Å². The zero-order chi connectivity index (χ0) is 21.8. The Morgan fingerprint density at radius 2 is 1.87 bits per heavy atom. The highest BCUT2D eigenvalue weighted by molar-refractivity contribution is 5.94. The van der Waals surface area contributed by atoms with Crippen molar-refractivity contribution >= 4 is 17.3 Å². The Kier molecular flexibility index (Phi) is 5.58. The van der Waals surface area contributed by atoms with Crippen molar-refractivity contribution in [1.82, 2.24) is 9.97 Å². The number of hydrogen-bond acceptors (Lipinski definition) is 4. The predicted octanol–water partition coefficient (Wildman–Crippen LogP) is 4.39. The van der Waals surface area contributed by atoms with E-state index in [2.05, 4.69) is 32.4 Å². The summed E-state index contributed by atoms with van der Waals surface area (Å²) < 4.78 is 40.1. The smallest absolute Gasteiger partial charge is 0.378 e. The van der Waals surface area contributed by atoms with E-state index in [-0.39, 0.29) is 24.0 Å². The molecule has 0 aliphatic carbocycles. The van der Waals surface area contributed by atoms with E-state index >= 15 is 0 Å². The lowest BCUT2D eigenvalue weighted by Crippen LogP contribution is -2.19. The molecule has 4 rings (SSSR count). The Balaban J connectivity index is 1.55. The molecule has 1 amide bonds. The van der Waals surface area contributed by atoms with Crippen LogP contribution in [0.2, 0.25) is 0 Å². The summed E-state index contributed by atoms with van der Waals surface area (Å²) in [7, 11) is 0. The van der Waals surface area contributed by atoms with Crippen molar-refractivity contribution < 1.29 is 18.0 Å². The summed E-state index contributed by atoms with van der Waals surface area (Å²) in [6.45, 7) is 0.128. The lowest BCUT2D eigenvalue weighted by Gasteiger charge is -2.18. The number of nitrogens with one attached hydrogen (secondary N) is 2. The first-order chi connectivity index (χ1) is 14.9. The number of fused-ring (bicyclic) bond motifs is 1. The summed E-state index contributed by atoms with van der Waals surface area (Å²) in [5.41, 5.74) is 1.78. The van der Waals surface area contributed by atoms with Gasteiger partial charge in [0.15, 0.2) is 0 Å². The van der Waals surface area contributed by atoms with Gasteiger partial charge in [-0.3, -0.25) is 4.79 Å². The monoisotopic (exact) mass is 422 g/mol. The van der Waals surface area contributed by atoms with Crippen LogP contribution in [0.1, 0.15) is 34.6 Å². The Morgan fingerprint density at radius 3 is 2.65 bits per heavy atom. The zero-order valence-corrected chi connectivity index (χ0v) is 16.3. The largest absolute Gasteiger partial charge is 0.420 e. The van der Waals surface area contributed by atoms with Gasteiger partial charge in [-0.25, -0.2) is 9.97 Å². The van der Waals surface area contributed by atoms with Crippen LogP contribution in [0.5, 0.6) is 0 Å².